The number of hydrogen-bond donors (Lipinski definition) is 2. The molecule has 4 rings (SSSR count). The first-order chi connectivity index (χ1) is 12.1. The van der Waals surface area contributed by atoms with Crippen molar-refractivity contribution in [2.75, 3.05) is 17.7 Å². The van der Waals surface area contributed by atoms with E-state index in [2.05, 4.69) is 10.3 Å². The van der Waals surface area contributed by atoms with Crippen molar-refractivity contribution in [1.82, 2.24) is 0 Å². The van der Waals surface area contributed by atoms with Gasteiger partial charge in [-0.05, 0) is 47.5 Å². The Kier molecular flexibility index (Phi) is 3.97. The molecule has 2 aromatic rings. The summed E-state index contributed by atoms with van der Waals surface area (Å²) in [5.74, 6) is 0.0626. The third-order valence-electron chi connectivity index (χ3n) is 4.36. The number of benzene rings is 2. The monoisotopic (exact) mass is 357 g/mol. The number of nitrogens with two attached hydrogens (primary N) is 1. The maximum atomic E-state index is 13.0. The average molecular weight is 357 g/mol. The van der Waals surface area contributed by atoms with Crippen molar-refractivity contribution in [3.05, 3.63) is 65.0 Å². The number of amides is 1. The van der Waals surface area contributed by atoms with Crippen molar-refractivity contribution >= 4 is 28.5 Å². The summed E-state index contributed by atoms with van der Waals surface area (Å²) >= 11 is 1.51. The van der Waals surface area contributed by atoms with E-state index in [9.17, 15) is 9.18 Å². The van der Waals surface area contributed by atoms with Gasteiger partial charge in [-0.2, -0.15) is 0 Å². The Morgan fingerprint density at radius 1 is 1.28 bits per heavy atom. The summed E-state index contributed by atoms with van der Waals surface area (Å²) in [5, 5.41) is 3.41. The molecule has 3 N–H and O–H groups in total. The van der Waals surface area contributed by atoms with Gasteiger partial charge < -0.3 is 15.8 Å². The molecular formula is C18H16FN3O2S. The van der Waals surface area contributed by atoms with E-state index >= 15 is 0 Å². The van der Waals surface area contributed by atoms with Crippen LogP contribution in [0.25, 0.3) is 0 Å². The maximum Gasteiger partial charge on any atom is 0.255 e. The number of aliphatic imine (C=N–C) groups is 1. The maximum absolute atomic E-state index is 13.0. The normalized spacial score (nSPS) is 21.7. The van der Waals surface area contributed by atoms with E-state index in [-0.39, 0.29) is 11.7 Å². The number of ether oxygens (including phenoxy) is 1. The SMILES string of the molecule is NC1=NC2(COCc3ccc(NC(=O)c4ccc(F)cc4)cc32)CS1. The fourth-order valence-corrected chi connectivity index (χ4v) is 4.04. The largest absolute Gasteiger partial charge is 0.379 e. The molecule has 128 valence electrons. The van der Waals surface area contributed by atoms with Gasteiger partial charge in [0.05, 0.1) is 13.2 Å². The molecule has 2 aliphatic heterocycles. The van der Waals surface area contributed by atoms with Crippen LogP contribution in [0.5, 0.6) is 0 Å². The number of anilines is 1. The number of amidine groups is 1. The number of halogens is 1. The van der Waals surface area contributed by atoms with Crippen LogP contribution in [0.1, 0.15) is 21.5 Å². The first-order valence-electron chi connectivity index (χ1n) is 7.82. The molecule has 2 aliphatic rings. The van der Waals surface area contributed by atoms with Crippen molar-refractivity contribution < 1.29 is 13.9 Å². The van der Waals surface area contributed by atoms with Crippen LogP contribution in [0.15, 0.2) is 47.5 Å². The zero-order chi connectivity index (χ0) is 17.4. The standard InChI is InChI=1S/C18H16FN3O2S/c19-13-4-1-11(2-5-13)16(23)21-14-6-3-12-8-24-9-18(15(12)7-14)10-25-17(20)22-18/h1-7H,8-10H2,(H2,20,22)(H,21,23). The predicted molar refractivity (Wildman–Crippen MR) is 96.2 cm³/mol. The van der Waals surface area contributed by atoms with Crippen molar-refractivity contribution in [2.24, 2.45) is 10.7 Å². The molecule has 1 spiro atoms. The molecular weight excluding hydrogens is 341 g/mol. The van der Waals surface area contributed by atoms with Crippen LogP contribution in [0, 0.1) is 5.82 Å². The third-order valence-corrected chi connectivity index (χ3v) is 5.37. The minimum atomic E-state index is -0.487. The molecule has 0 aromatic heterocycles. The highest BCUT2D eigenvalue weighted by atomic mass is 32.2. The van der Waals surface area contributed by atoms with Gasteiger partial charge in [0, 0.05) is 17.0 Å². The second-order valence-electron chi connectivity index (χ2n) is 6.10. The van der Waals surface area contributed by atoms with E-state index in [1.165, 1.54) is 36.0 Å². The highest BCUT2D eigenvalue weighted by molar-refractivity contribution is 8.14. The number of nitrogens with one attached hydrogen (secondary N) is 1. The summed E-state index contributed by atoms with van der Waals surface area (Å²) < 4.78 is 18.7. The van der Waals surface area contributed by atoms with Gasteiger partial charge in [0.15, 0.2) is 5.17 Å². The molecule has 0 fully saturated rings. The van der Waals surface area contributed by atoms with Crippen molar-refractivity contribution in [2.45, 2.75) is 12.1 Å². The average Bonchev–Trinajstić information content (AvgIpc) is 2.98. The van der Waals surface area contributed by atoms with Gasteiger partial charge in [-0.3, -0.25) is 4.79 Å². The summed E-state index contributed by atoms with van der Waals surface area (Å²) in [6.07, 6.45) is 0. The number of rotatable bonds is 2. The van der Waals surface area contributed by atoms with Crippen molar-refractivity contribution in [3.63, 3.8) is 0 Å². The molecule has 0 aliphatic carbocycles. The molecule has 7 heteroatoms. The highest BCUT2D eigenvalue weighted by Crippen LogP contribution is 2.41. The summed E-state index contributed by atoms with van der Waals surface area (Å²) in [4.78, 5) is 16.9. The lowest BCUT2D eigenvalue weighted by atomic mass is 9.87. The van der Waals surface area contributed by atoms with Crippen LogP contribution in [-0.4, -0.2) is 23.4 Å². The Labute approximate surface area is 148 Å². The minimum Gasteiger partial charge on any atom is -0.379 e. The van der Waals surface area contributed by atoms with E-state index in [0.717, 1.165) is 16.9 Å². The minimum absolute atomic E-state index is 0.287. The number of fused-ring (bicyclic) bond motifs is 2. The molecule has 1 amide bonds. The van der Waals surface area contributed by atoms with Gasteiger partial charge in [-0.25, -0.2) is 9.38 Å². The zero-order valence-electron chi connectivity index (χ0n) is 13.3. The fraction of sp³-hybridized carbons (Fsp3) is 0.222. The third kappa shape index (κ3) is 3.01. The van der Waals surface area contributed by atoms with Crippen molar-refractivity contribution in [3.8, 4) is 0 Å². The van der Waals surface area contributed by atoms with E-state index in [4.69, 9.17) is 10.5 Å². The Balaban J connectivity index is 1.63. The summed E-state index contributed by atoms with van der Waals surface area (Å²) in [6.45, 7) is 0.992. The Hall–Kier alpha value is -2.38. The molecule has 1 unspecified atom stereocenters. The smallest absolute Gasteiger partial charge is 0.255 e. The number of thioether (sulfide) groups is 1. The first kappa shape index (κ1) is 16.1. The number of carbonyl (C=O) groups excluding carboxylic acids is 1. The van der Waals surface area contributed by atoms with E-state index < -0.39 is 5.54 Å². The highest BCUT2D eigenvalue weighted by Gasteiger charge is 2.41. The molecule has 5 nitrogen and oxygen atoms in total. The van der Waals surface area contributed by atoms with Crippen LogP contribution in [0.3, 0.4) is 0 Å². The first-order valence-corrected chi connectivity index (χ1v) is 8.80. The van der Waals surface area contributed by atoms with Crippen LogP contribution in [-0.2, 0) is 16.9 Å². The van der Waals surface area contributed by atoms with Crippen molar-refractivity contribution in [1.29, 1.82) is 0 Å². The second kappa shape index (κ2) is 6.16. The molecule has 0 bridgehead atoms. The molecule has 0 radical (unpaired) electrons. The summed E-state index contributed by atoms with van der Waals surface area (Å²) in [5.41, 5.74) is 8.52. The van der Waals surface area contributed by atoms with E-state index in [1.54, 1.807) is 0 Å². The van der Waals surface area contributed by atoms with E-state index in [0.29, 0.717) is 29.6 Å². The molecule has 2 heterocycles. The van der Waals surface area contributed by atoms with Gasteiger partial charge in [0.25, 0.3) is 5.91 Å². The number of carbonyl (C=O) groups is 1. The van der Waals surface area contributed by atoms with Gasteiger partial charge >= 0.3 is 0 Å². The lowest BCUT2D eigenvalue weighted by Gasteiger charge is -2.32. The van der Waals surface area contributed by atoms with E-state index in [1.807, 2.05) is 18.2 Å². The Bertz CT molecular complexity index is 869. The van der Waals surface area contributed by atoms with Gasteiger partial charge in [0.2, 0.25) is 0 Å². The molecule has 1 atom stereocenters. The van der Waals surface area contributed by atoms with Gasteiger partial charge in [-0.15, -0.1) is 0 Å². The number of nitrogens with zero attached hydrogens (tertiary/aromatic N) is 1. The topological polar surface area (TPSA) is 76.7 Å². The zero-order valence-corrected chi connectivity index (χ0v) is 14.1. The van der Waals surface area contributed by atoms with Crippen LogP contribution < -0.4 is 11.1 Å². The molecule has 2 aromatic carbocycles. The molecule has 0 saturated carbocycles. The number of hydrogen-bond acceptors (Lipinski definition) is 5. The van der Waals surface area contributed by atoms with Crippen LogP contribution in [0.4, 0.5) is 10.1 Å². The Morgan fingerprint density at radius 2 is 2.08 bits per heavy atom. The fourth-order valence-electron chi connectivity index (χ4n) is 3.11. The quantitative estimate of drug-likeness (QED) is 0.866. The second-order valence-corrected chi connectivity index (χ2v) is 7.09. The molecule has 0 saturated heterocycles. The van der Waals surface area contributed by atoms with Gasteiger partial charge in [0.1, 0.15) is 11.4 Å². The summed E-state index contributed by atoms with van der Waals surface area (Å²) in [7, 11) is 0. The Morgan fingerprint density at radius 3 is 2.80 bits per heavy atom. The molecule has 25 heavy (non-hydrogen) atoms. The predicted octanol–water partition coefficient (Wildman–Crippen LogP) is 2.87. The van der Waals surface area contributed by atoms with Crippen LogP contribution >= 0.6 is 11.8 Å². The lowest BCUT2D eigenvalue weighted by molar-refractivity contribution is 0.0634. The summed E-state index contributed by atoms with van der Waals surface area (Å²) in [6, 6.07) is 11.1. The lowest BCUT2D eigenvalue weighted by Crippen LogP contribution is -2.35. The van der Waals surface area contributed by atoms with Gasteiger partial charge in [-0.1, -0.05) is 17.8 Å². The van der Waals surface area contributed by atoms with Crippen LogP contribution in [0.2, 0.25) is 0 Å².